The second-order valence-electron chi connectivity index (χ2n) is 6.57. The summed E-state index contributed by atoms with van der Waals surface area (Å²) in [5, 5.41) is 3.67. The number of benzene rings is 1. The molecule has 1 aromatic carbocycles. The minimum Gasteiger partial charge on any atom is -0.497 e. The van der Waals surface area contributed by atoms with E-state index in [0.29, 0.717) is 6.04 Å². The third-order valence-electron chi connectivity index (χ3n) is 5.78. The Morgan fingerprint density at radius 3 is 2.96 bits per heavy atom. The van der Waals surface area contributed by atoms with Gasteiger partial charge in [0.2, 0.25) is 0 Å². The van der Waals surface area contributed by atoms with Crippen LogP contribution in [-0.4, -0.2) is 32.9 Å². The SMILES string of the molecule is COC1=CC=C2C3Cc4c(Br)cc(OC)c5c4C2(CCN3)C1O5. The Morgan fingerprint density at radius 1 is 1.30 bits per heavy atom. The molecule has 4 aliphatic rings. The van der Waals surface area contributed by atoms with Gasteiger partial charge in [-0.3, -0.25) is 0 Å². The maximum Gasteiger partial charge on any atom is 0.169 e. The molecule has 23 heavy (non-hydrogen) atoms. The molecular formula is C18H18BrNO3. The zero-order valence-electron chi connectivity index (χ0n) is 13.1. The molecule has 1 spiro atoms. The number of hydrogen-bond donors (Lipinski definition) is 1. The highest BCUT2D eigenvalue weighted by Gasteiger charge is 2.61. The van der Waals surface area contributed by atoms with Gasteiger partial charge in [-0.1, -0.05) is 22.0 Å². The summed E-state index contributed by atoms with van der Waals surface area (Å²) in [5.74, 6) is 2.59. The fraction of sp³-hybridized carbons (Fsp3) is 0.444. The van der Waals surface area contributed by atoms with Crippen molar-refractivity contribution in [3.8, 4) is 11.5 Å². The maximum atomic E-state index is 6.45. The Balaban J connectivity index is 1.87. The van der Waals surface area contributed by atoms with Gasteiger partial charge in [0.25, 0.3) is 0 Å². The van der Waals surface area contributed by atoms with Gasteiger partial charge in [-0.25, -0.2) is 0 Å². The van der Waals surface area contributed by atoms with Crippen LogP contribution in [0.2, 0.25) is 0 Å². The largest absolute Gasteiger partial charge is 0.497 e. The minimum atomic E-state index is -0.115. The van der Waals surface area contributed by atoms with Gasteiger partial charge in [-0.05, 0) is 42.7 Å². The highest BCUT2D eigenvalue weighted by atomic mass is 79.9. The van der Waals surface area contributed by atoms with Crippen LogP contribution in [0.25, 0.3) is 0 Å². The predicted molar refractivity (Wildman–Crippen MR) is 90.1 cm³/mol. The van der Waals surface area contributed by atoms with E-state index in [1.807, 2.05) is 6.07 Å². The first kappa shape index (κ1) is 13.9. The molecule has 3 unspecified atom stereocenters. The second-order valence-corrected chi connectivity index (χ2v) is 7.42. The van der Waals surface area contributed by atoms with E-state index in [-0.39, 0.29) is 11.5 Å². The van der Waals surface area contributed by atoms with Gasteiger partial charge in [0.05, 0.1) is 19.6 Å². The molecule has 0 amide bonds. The molecule has 1 aromatic rings. The van der Waals surface area contributed by atoms with E-state index >= 15 is 0 Å². The van der Waals surface area contributed by atoms with Crippen LogP contribution in [-0.2, 0) is 16.6 Å². The topological polar surface area (TPSA) is 39.7 Å². The third-order valence-corrected chi connectivity index (χ3v) is 6.49. The Labute approximate surface area is 143 Å². The number of piperidine rings is 1. The van der Waals surface area contributed by atoms with E-state index in [9.17, 15) is 0 Å². The van der Waals surface area contributed by atoms with Crippen molar-refractivity contribution >= 4 is 15.9 Å². The number of nitrogens with one attached hydrogen (secondary N) is 1. The molecule has 1 N–H and O–H groups in total. The maximum absolute atomic E-state index is 6.45. The van der Waals surface area contributed by atoms with E-state index in [1.54, 1.807) is 14.2 Å². The number of halogens is 1. The molecule has 1 saturated heterocycles. The van der Waals surface area contributed by atoms with Crippen LogP contribution >= 0.6 is 15.9 Å². The molecule has 2 aliphatic heterocycles. The zero-order chi connectivity index (χ0) is 15.8. The van der Waals surface area contributed by atoms with Crippen molar-refractivity contribution in [2.24, 2.45) is 0 Å². The normalized spacial score (nSPS) is 32.5. The monoisotopic (exact) mass is 375 g/mol. The van der Waals surface area contributed by atoms with Crippen LogP contribution < -0.4 is 14.8 Å². The number of hydrogen-bond acceptors (Lipinski definition) is 4. The van der Waals surface area contributed by atoms with Gasteiger partial charge in [0.1, 0.15) is 5.76 Å². The number of rotatable bonds is 2. The highest BCUT2D eigenvalue weighted by molar-refractivity contribution is 9.10. The van der Waals surface area contributed by atoms with Crippen LogP contribution in [0.1, 0.15) is 17.5 Å². The molecular weight excluding hydrogens is 358 g/mol. The van der Waals surface area contributed by atoms with Gasteiger partial charge in [-0.2, -0.15) is 0 Å². The van der Waals surface area contributed by atoms with Crippen molar-refractivity contribution in [3.05, 3.63) is 45.2 Å². The minimum absolute atomic E-state index is 0.0886. The summed E-state index contributed by atoms with van der Waals surface area (Å²) in [4.78, 5) is 0. The quantitative estimate of drug-likeness (QED) is 0.862. The first-order valence-electron chi connectivity index (χ1n) is 7.97. The average Bonchev–Trinajstić information content (AvgIpc) is 2.89. The molecule has 2 heterocycles. The Kier molecular flexibility index (Phi) is 2.75. The molecule has 120 valence electrons. The molecule has 0 saturated carbocycles. The average molecular weight is 376 g/mol. The molecule has 1 fully saturated rings. The van der Waals surface area contributed by atoms with Crippen LogP contribution in [0.4, 0.5) is 0 Å². The Bertz CT molecular complexity index is 785. The lowest BCUT2D eigenvalue weighted by Gasteiger charge is -2.49. The van der Waals surface area contributed by atoms with Gasteiger partial charge >= 0.3 is 0 Å². The summed E-state index contributed by atoms with van der Waals surface area (Å²) in [6.07, 6.45) is 6.21. The number of allylic oxidation sites excluding steroid dienone is 2. The van der Waals surface area contributed by atoms with Crippen molar-refractivity contribution in [1.82, 2.24) is 5.32 Å². The number of ether oxygens (including phenoxy) is 3. The molecule has 5 rings (SSSR count). The molecule has 4 nitrogen and oxygen atoms in total. The van der Waals surface area contributed by atoms with Crippen LogP contribution in [0.3, 0.4) is 0 Å². The fourth-order valence-corrected chi connectivity index (χ4v) is 5.45. The predicted octanol–water partition coefficient (Wildman–Crippen LogP) is 2.84. The summed E-state index contributed by atoms with van der Waals surface area (Å²) >= 11 is 3.75. The van der Waals surface area contributed by atoms with Crippen LogP contribution in [0.15, 0.2) is 34.0 Å². The molecule has 5 heteroatoms. The summed E-state index contributed by atoms with van der Waals surface area (Å²) in [7, 11) is 3.43. The lowest BCUT2D eigenvalue weighted by molar-refractivity contribution is 0.0998. The fourth-order valence-electron chi connectivity index (χ4n) is 4.88. The second kappa shape index (κ2) is 4.54. The first-order valence-corrected chi connectivity index (χ1v) is 8.76. The molecule has 3 atom stereocenters. The van der Waals surface area contributed by atoms with Crippen molar-refractivity contribution in [1.29, 1.82) is 0 Å². The number of methoxy groups -OCH3 is 2. The molecule has 2 aliphatic carbocycles. The van der Waals surface area contributed by atoms with Crippen molar-refractivity contribution in [3.63, 3.8) is 0 Å². The third kappa shape index (κ3) is 1.50. The zero-order valence-corrected chi connectivity index (χ0v) is 14.7. The summed E-state index contributed by atoms with van der Waals surface area (Å²) in [5.41, 5.74) is 3.96. The Morgan fingerprint density at radius 2 is 2.17 bits per heavy atom. The standard InChI is InChI=1S/C18H18BrNO3/c1-21-13-4-3-10-12-7-9-11(19)8-14(22-2)16-15(9)18(10,5-6-20-12)17(13)23-16/h3-4,8,12,17,20H,5-7H2,1-2H3. The van der Waals surface area contributed by atoms with Crippen LogP contribution in [0.5, 0.6) is 11.5 Å². The summed E-state index contributed by atoms with van der Waals surface area (Å²) in [6, 6.07) is 2.40. The van der Waals surface area contributed by atoms with E-state index < -0.39 is 0 Å². The summed E-state index contributed by atoms with van der Waals surface area (Å²) in [6.45, 7) is 0.993. The summed E-state index contributed by atoms with van der Waals surface area (Å²) < 4.78 is 18.8. The first-order chi connectivity index (χ1) is 11.2. The van der Waals surface area contributed by atoms with E-state index in [1.165, 1.54) is 16.7 Å². The van der Waals surface area contributed by atoms with Gasteiger partial charge in [0, 0.05) is 16.1 Å². The van der Waals surface area contributed by atoms with Crippen LogP contribution in [0, 0.1) is 0 Å². The van der Waals surface area contributed by atoms with E-state index in [0.717, 1.165) is 41.1 Å². The lowest BCUT2D eigenvalue weighted by atomic mass is 9.58. The molecule has 0 aromatic heterocycles. The Hall–Kier alpha value is -1.46. The van der Waals surface area contributed by atoms with Gasteiger partial charge in [0.15, 0.2) is 17.6 Å². The lowest BCUT2D eigenvalue weighted by Crippen LogP contribution is -2.58. The highest BCUT2D eigenvalue weighted by Crippen LogP contribution is 2.62. The van der Waals surface area contributed by atoms with E-state index in [2.05, 4.69) is 33.4 Å². The molecule has 0 radical (unpaired) electrons. The van der Waals surface area contributed by atoms with Crippen molar-refractivity contribution in [2.45, 2.75) is 30.4 Å². The van der Waals surface area contributed by atoms with Crippen molar-refractivity contribution in [2.75, 3.05) is 20.8 Å². The van der Waals surface area contributed by atoms with E-state index in [4.69, 9.17) is 14.2 Å². The van der Waals surface area contributed by atoms with Crippen molar-refractivity contribution < 1.29 is 14.2 Å². The van der Waals surface area contributed by atoms with Gasteiger partial charge < -0.3 is 19.5 Å². The van der Waals surface area contributed by atoms with Gasteiger partial charge in [-0.15, -0.1) is 0 Å². The smallest absolute Gasteiger partial charge is 0.169 e. The molecule has 2 bridgehead atoms.